The molecule has 4 unspecified atom stereocenters. The lowest BCUT2D eigenvalue weighted by Gasteiger charge is -2.25. The lowest BCUT2D eigenvalue weighted by molar-refractivity contribution is -0.143. The zero-order valence-electron chi connectivity index (χ0n) is 21.6. The summed E-state index contributed by atoms with van der Waals surface area (Å²) in [7, 11) is 0. The first-order chi connectivity index (χ1) is 17.8. The highest BCUT2D eigenvalue weighted by molar-refractivity contribution is 5.96. The van der Waals surface area contributed by atoms with E-state index in [0.717, 1.165) is 0 Å². The molecule has 0 aliphatic rings. The second kappa shape index (κ2) is 15.8. The van der Waals surface area contributed by atoms with Gasteiger partial charge >= 0.3 is 5.97 Å². The first-order valence-electron chi connectivity index (χ1n) is 12.1. The van der Waals surface area contributed by atoms with Gasteiger partial charge in [0.15, 0.2) is 5.96 Å². The number of guanidine groups is 1. The third kappa shape index (κ3) is 11.7. The Morgan fingerprint density at radius 2 is 1.47 bits per heavy atom. The van der Waals surface area contributed by atoms with E-state index in [4.69, 9.17) is 22.9 Å². The van der Waals surface area contributed by atoms with Crippen molar-refractivity contribution in [2.45, 2.75) is 63.7 Å². The zero-order chi connectivity index (χ0) is 28.8. The molecule has 4 amide bonds. The summed E-state index contributed by atoms with van der Waals surface area (Å²) in [5.41, 5.74) is 22.5. The Morgan fingerprint density at radius 1 is 0.895 bits per heavy atom. The van der Waals surface area contributed by atoms with Crippen LogP contribution in [0.5, 0.6) is 0 Å². The molecule has 38 heavy (non-hydrogen) atoms. The third-order valence-electron chi connectivity index (χ3n) is 5.49. The number of aliphatic imine (C=N–C) groups is 1. The molecule has 0 aliphatic heterocycles. The lowest BCUT2D eigenvalue weighted by Crippen LogP contribution is -2.58. The number of benzene rings is 1. The summed E-state index contributed by atoms with van der Waals surface area (Å²) in [6, 6.07) is 3.91. The predicted octanol–water partition coefficient (Wildman–Crippen LogP) is -2.32. The minimum atomic E-state index is -1.47. The fourth-order valence-electron chi connectivity index (χ4n) is 3.44. The van der Waals surface area contributed by atoms with E-state index < -0.39 is 66.1 Å². The van der Waals surface area contributed by atoms with Gasteiger partial charge in [-0.05, 0) is 24.3 Å². The van der Waals surface area contributed by atoms with E-state index in [-0.39, 0.29) is 25.3 Å². The van der Waals surface area contributed by atoms with E-state index >= 15 is 0 Å². The number of carboxylic acids is 1. The van der Waals surface area contributed by atoms with Crippen molar-refractivity contribution >= 4 is 35.6 Å². The molecule has 4 atom stereocenters. The Balaban J connectivity index is 3.06. The van der Waals surface area contributed by atoms with Crippen LogP contribution < -0.4 is 38.9 Å². The first kappa shape index (κ1) is 31.8. The molecule has 12 N–H and O–H groups in total. The van der Waals surface area contributed by atoms with Crippen molar-refractivity contribution in [2.75, 3.05) is 6.54 Å². The van der Waals surface area contributed by atoms with E-state index in [2.05, 4.69) is 20.9 Å². The molecule has 0 fully saturated rings. The number of aliphatic carboxylic acids is 1. The number of nitrogens with one attached hydrogen (secondary N) is 3. The van der Waals surface area contributed by atoms with Gasteiger partial charge in [-0.25, -0.2) is 4.79 Å². The van der Waals surface area contributed by atoms with Gasteiger partial charge < -0.3 is 44.0 Å². The molecule has 0 bridgehead atoms. The van der Waals surface area contributed by atoms with Gasteiger partial charge in [0, 0.05) is 13.0 Å². The van der Waals surface area contributed by atoms with Crippen LogP contribution in [0.2, 0.25) is 0 Å². The quantitative estimate of drug-likeness (QED) is 0.0642. The maximum Gasteiger partial charge on any atom is 0.326 e. The Morgan fingerprint density at radius 3 is 2.00 bits per heavy atom. The summed E-state index contributed by atoms with van der Waals surface area (Å²) in [6.07, 6.45) is 0.121. The second-order valence-corrected chi connectivity index (χ2v) is 9.11. The van der Waals surface area contributed by atoms with E-state index in [1.165, 1.54) is 0 Å². The molecule has 0 aromatic heterocycles. The van der Waals surface area contributed by atoms with Crippen LogP contribution in [0.4, 0.5) is 0 Å². The molecule has 0 heterocycles. The average Bonchev–Trinajstić information content (AvgIpc) is 2.83. The Hall–Kier alpha value is -4.20. The van der Waals surface area contributed by atoms with Crippen LogP contribution in [0, 0.1) is 5.92 Å². The Bertz CT molecular complexity index is 997. The molecule has 0 spiro atoms. The van der Waals surface area contributed by atoms with Crippen molar-refractivity contribution < 1.29 is 29.1 Å². The monoisotopic (exact) mass is 534 g/mol. The van der Waals surface area contributed by atoms with Crippen LogP contribution in [0.3, 0.4) is 0 Å². The molecule has 14 nitrogen and oxygen atoms in total. The van der Waals surface area contributed by atoms with Crippen LogP contribution in [0.25, 0.3) is 0 Å². The zero-order valence-corrected chi connectivity index (χ0v) is 21.6. The maximum absolute atomic E-state index is 13.2. The van der Waals surface area contributed by atoms with Gasteiger partial charge in [-0.3, -0.25) is 24.2 Å². The number of carbonyl (C=O) groups excluding carboxylic acids is 4. The second-order valence-electron chi connectivity index (χ2n) is 9.11. The summed E-state index contributed by atoms with van der Waals surface area (Å²) in [6.45, 7) is 3.45. The van der Waals surface area contributed by atoms with Crippen LogP contribution in [-0.2, 0) is 30.4 Å². The largest absolute Gasteiger partial charge is 0.480 e. The maximum atomic E-state index is 13.2. The van der Waals surface area contributed by atoms with Crippen LogP contribution >= 0.6 is 0 Å². The molecule has 0 saturated carbocycles. The molecule has 0 radical (unpaired) electrons. The van der Waals surface area contributed by atoms with E-state index in [1.54, 1.807) is 44.2 Å². The molecule has 0 saturated heterocycles. The van der Waals surface area contributed by atoms with Crippen molar-refractivity contribution in [1.29, 1.82) is 0 Å². The standard InChI is InChI=1S/C24H38N8O6/c1-13(2)19(23(37)38)32-22(36)17(12-18(26)33)31-21(35)16(11-14-7-4-3-5-8-14)30-20(34)15(25)9-6-10-29-24(27)28/h3-5,7-8,13,15-17,19H,6,9-12,25H2,1-2H3,(H2,26,33)(H,30,34)(H,31,35)(H,32,36)(H,37,38)(H4,27,28,29). The van der Waals surface area contributed by atoms with E-state index in [0.29, 0.717) is 12.0 Å². The van der Waals surface area contributed by atoms with E-state index in [9.17, 15) is 29.1 Å². The predicted molar refractivity (Wildman–Crippen MR) is 140 cm³/mol. The highest BCUT2D eigenvalue weighted by Crippen LogP contribution is 2.07. The van der Waals surface area contributed by atoms with Gasteiger partial charge in [0.1, 0.15) is 18.1 Å². The number of nitrogens with zero attached hydrogens (tertiary/aromatic N) is 1. The molecule has 0 aliphatic carbocycles. The topological polar surface area (TPSA) is 258 Å². The molecule has 1 aromatic rings. The van der Waals surface area contributed by atoms with Crippen LogP contribution in [-0.4, -0.2) is 71.4 Å². The van der Waals surface area contributed by atoms with Gasteiger partial charge in [-0.2, -0.15) is 0 Å². The average molecular weight is 535 g/mol. The summed E-state index contributed by atoms with van der Waals surface area (Å²) >= 11 is 0. The molecule has 14 heteroatoms. The van der Waals surface area contributed by atoms with Crippen molar-refractivity contribution in [1.82, 2.24) is 16.0 Å². The number of carboxylic acid groups (broad SMARTS) is 1. The summed E-state index contributed by atoms with van der Waals surface area (Å²) in [4.78, 5) is 65.7. The Labute approximate surface area is 221 Å². The third-order valence-corrected chi connectivity index (χ3v) is 5.49. The van der Waals surface area contributed by atoms with Crippen molar-refractivity contribution in [2.24, 2.45) is 33.8 Å². The van der Waals surface area contributed by atoms with Crippen LogP contribution in [0.15, 0.2) is 35.3 Å². The number of carbonyl (C=O) groups is 5. The Kier molecular flexibility index (Phi) is 13.2. The fourth-order valence-corrected chi connectivity index (χ4v) is 3.44. The number of rotatable bonds is 16. The van der Waals surface area contributed by atoms with Gasteiger partial charge in [-0.1, -0.05) is 44.2 Å². The van der Waals surface area contributed by atoms with Gasteiger partial charge in [-0.15, -0.1) is 0 Å². The van der Waals surface area contributed by atoms with Gasteiger partial charge in [0.25, 0.3) is 0 Å². The minimum absolute atomic E-state index is 0.0494. The molecule has 1 aromatic carbocycles. The van der Waals surface area contributed by atoms with Crippen LogP contribution in [0.1, 0.15) is 38.7 Å². The highest BCUT2D eigenvalue weighted by atomic mass is 16.4. The summed E-state index contributed by atoms with van der Waals surface area (Å²) < 4.78 is 0. The number of nitrogens with two attached hydrogens (primary N) is 4. The SMILES string of the molecule is CC(C)C(NC(=O)C(CC(N)=O)NC(=O)C(Cc1ccccc1)NC(=O)C(N)CCCN=C(N)N)C(=O)O. The van der Waals surface area contributed by atoms with E-state index in [1.807, 2.05) is 0 Å². The summed E-state index contributed by atoms with van der Waals surface area (Å²) in [5.74, 6) is -5.03. The lowest BCUT2D eigenvalue weighted by atomic mass is 10.0. The molecule has 210 valence electrons. The van der Waals surface area contributed by atoms with Crippen molar-refractivity contribution in [3.05, 3.63) is 35.9 Å². The fraction of sp³-hybridized carbons (Fsp3) is 0.500. The molecular weight excluding hydrogens is 496 g/mol. The van der Waals surface area contributed by atoms with Gasteiger partial charge in [0.2, 0.25) is 23.6 Å². The van der Waals surface area contributed by atoms with Crippen molar-refractivity contribution in [3.63, 3.8) is 0 Å². The highest BCUT2D eigenvalue weighted by Gasteiger charge is 2.32. The number of primary amides is 1. The molecular formula is C24H38N8O6. The smallest absolute Gasteiger partial charge is 0.326 e. The van der Waals surface area contributed by atoms with Crippen molar-refractivity contribution in [3.8, 4) is 0 Å². The normalized spacial score (nSPS) is 13.9. The first-order valence-corrected chi connectivity index (χ1v) is 12.1. The number of amides is 4. The minimum Gasteiger partial charge on any atom is -0.480 e. The van der Waals surface area contributed by atoms with Gasteiger partial charge in [0.05, 0.1) is 12.5 Å². The summed E-state index contributed by atoms with van der Waals surface area (Å²) in [5, 5.41) is 16.7. The number of hydrogen-bond acceptors (Lipinski definition) is 7. The molecule has 1 rings (SSSR count). The number of hydrogen-bond donors (Lipinski definition) is 8.